The molecule has 2 aromatic rings. The summed E-state index contributed by atoms with van der Waals surface area (Å²) in [6.45, 7) is 3.44. The largest absolute Gasteiger partial charge is 0.496 e. The van der Waals surface area contributed by atoms with Crippen molar-refractivity contribution in [2.24, 2.45) is 0 Å². The molecule has 0 aliphatic carbocycles. The van der Waals surface area contributed by atoms with Crippen molar-refractivity contribution in [1.82, 2.24) is 15.1 Å². The number of ether oxygens (including phenoxy) is 1. The second kappa shape index (κ2) is 10.2. The van der Waals surface area contributed by atoms with Crippen molar-refractivity contribution in [3.8, 4) is 5.75 Å². The van der Waals surface area contributed by atoms with Gasteiger partial charge in [0.15, 0.2) is 0 Å². The molecule has 180 valence electrons. The number of amides is 3. The SMILES string of the molecule is COc1ccccc1CCNC(=O)CN1CN(c2ccccc2)C2(CCN(C(C)=O)CC2)C1=O. The van der Waals surface area contributed by atoms with Crippen molar-refractivity contribution in [3.05, 3.63) is 60.2 Å². The highest BCUT2D eigenvalue weighted by molar-refractivity contribution is 5.96. The first-order valence-electron chi connectivity index (χ1n) is 11.7. The van der Waals surface area contributed by atoms with Gasteiger partial charge < -0.3 is 24.8 Å². The number of hydrogen-bond acceptors (Lipinski definition) is 5. The molecule has 2 heterocycles. The third kappa shape index (κ3) is 4.71. The van der Waals surface area contributed by atoms with Crippen LogP contribution in [-0.2, 0) is 20.8 Å². The highest BCUT2D eigenvalue weighted by Crippen LogP contribution is 2.39. The summed E-state index contributed by atoms with van der Waals surface area (Å²) in [7, 11) is 1.63. The van der Waals surface area contributed by atoms with E-state index < -0.39 is 5.54 Å². The van der Waals surface area contributed by atoms with Crippen LogP contribution in [0.1, 0.15) is 25.3 Å². The fourth-order valence-corrected chi connectivity index (χ4v) is 4.99. The summed E-state index contributed by atoms with van der Waals surface area (Å²) >= 11 is 0. The summed E-state index contributed by atoms with van der Waals surface area (Å²) < 4.78 is 5.37. The Bertz CT molecular complexity index is 1030. The van der Waals surface area contributed by atoms with Gasteiger partial charge in [-0.25, -0.2) is 0 Å². The Morgan fingerprint density at radius 1 is 1.03 bits per heavy atom. The summed E-state index contributed by atoms with van der Waals surface area (Å²) in [4.78, 5) is 43.7. The van der Waals surface area contributed by atoms with Crippen LogP contribution in [0.4, 0.5) is 5.69 Å². The van der Waals surface area contributed by atoms with Crippen molar-refractivity contribution < 1.29 is 19.1 Å². The molecular weight excluding hydrogens is 432 g/mol. The Labute approximate surface area is 200 Å². The lowest BCUT2D eigenvalue weighted by molar-refractivity contribution is -0.139. The van der Waals surface area contributed by atoms with Gasteiger partial charge >= 0.3 is 0 Å². The molecule has 3 amide bonds. The molecule has 8 heteroatoms. The maximum absolute atomic E-state index is 13.6. The molecule has 4 rings (SSSR count). The highest BCUT2D eigenvalue weighted by Gasteiger charge is 2.54. The van der Waals surface area contributed by atoms with E-state index in [9.17, 15) is 14.4 Å². The lowest BCUT2D eigenvalue weighted by Gasteiger charge is -2.43. The number of carbonyl (C=O) groups is 3. The molecule has 1 N–H and O–H groups in total. The van der Waals surface area contributed by atoms with E-state index in [4.69, 9.17) is 4.74 Å². The first-order chi connectivity index (χ1) is 16.4. The number of benzene rings is 2. The normalized spacial score (nSPS) is 17.2. The average Bonchev–Trinajstić information content (AvgIpc) is 3.11. The zero-order chi connectivity index (χ0) is 24.1. The summed E-state index contributed by atoms with van der Waals surface area (Å²) in [6.07, 6.45) is 1.74. The fraction of sp³-hybridized carbons (Fsp3) is 0.423. The molecule has 2 fully saturated rings. The van der Waals surface area contributed by atoms with Gasteiger partial charge in [0.25, 0.3) is 5.91 Å². The minimum atomic E-state index is -0.731. The predicted molar refractivity (Wildman–Crippen MR) is 129 cm³/mol. The van der Waals surface area contributed by atoms with Crippen LogP contribution in [-0.4, -0.2) is 73.0 Å². The second-order valence-electron chi connectivity index (χ2n) is 8.86. The quantitative estimate of drug-likeness (QED) is 0.678. The summed E-state index contributed by atoms with van der Waals surface area (Å²) in [5.41, 5.74) is 1.24. The zero-order valence-corrected chi connectivity index (χ0v) is 19.8. The number of anilines is 1. The topological polar surface area (TPSA) is 82.2 Å². The van der Waals surface area contributed by atoms with E-state index in [1.54, 1.807) is 23.8 Å². The lowest BCUT2D eigenvalue weighted by Crippen LogP contribution is -2.57. The van der Waals surface area contributed by atoms with Crippen molar-refractivity contribution in [2.45, 2.75) is 31.7 Å². The van der Waals surface area contributed by atoms with Crippen LogP contribution in [0.5, 0.6) is 5.75 Å². The van der Waals surface area contributed by atoms with Crippen molar-refractivity contribution in [2.75, 3.05) is 44.9 Å². The van der Waals surface area contributed by atoms with Gasteiger partial charge in [0, 0.05) is 32.2 Å². The molecule has 0 bridgehead atoms. The fourth-order valence-electron chi connectivity index (χ4n) is 4.99. The molecule has 0 atom stereocenters. The number of carbonyl (C=O) groups excluding carboxylic acids is 3. The maximum Gasteiger partial charge on any atom is 0.250 e. The Morgan fingerprint density at radius 3 is 2.38 bits per heavy atom. The van der Waals surface area contributed by atoms with Gasteiger partial charge in [0.2, 0.25) is 11.8 Å². The maximum atomic E-state index is 13.6. The summed E-state index contributed by atoms with van der Waals surface area (Å²) in [5.74, 6) is 0.593. The van der Waals surface area contributed by atoms with Crippen LogP contribution in [0.25, 0.3) is 0 Å². The number of para-hydroxylation sites is 2. The Morgan fingerprint density at radius 2 is 1.71 bits per heavy atom. The van der Waals surface area contributed by atoms with E-state index in [0.717, 1.165) is 17.0 Å². The van der Waals surface area contributed by atoms with E-state index >= 15 is 0 Å². The number of hydrogen-bond donors (Lipinski definition) is 1. The van der Waals surface area contributed by atoms with Gasteiger partial charge in [0.1, 0.15) is 17.8 Å². The van der Waals surface area contributed by atoms with E-state index in [2.05, 4.69) is 10.2 Å². The van der Waals surface area contributed by atoms with Crippen LogP contribution in [0, 0.1) is 0 Å². The van der Waals surface area contributed by atoms with Crippen LogP contribution in [0.15, 0.2) is 54.6 Å². The van der Waals surface area contributed by atoms with Gasteiger partial charge in [-0.15, -0.1) is 0 Å². The van der Waals surface area contributed by atoms with Crippen molar-refractivity contribution in [3.63, 3.8) is 0 Å². The highest BCUT2D eigenvalue weighted by atomic mass is 16.5. The first kappa shape index (κ1) is 23.6. The van der Waals surface area contributed by atoms with Gasteiger partial charge in [-0.3, -0.25) is 14.4 Å². The minimum absolute atomic E-state index is 0.00621. The standard InChI is InChI=1S/C26H32N4O4/c1-20(31)28-16-13-26(14-17-28)25(33)29(19-30(26)22-9-4-3-5-10-22)18-24(32)27-15-12-21-8-6-7-11-23(21)34-2/h3-11H,12-19H2,1-2H3,(H,27,32). The Hall–Kier alpha value is -3.55. The number of nitrogens with zero attached hydrogens (tertiary/aromatic N) is 3. The van der Waals surface area contributed by atoms with Gasteiger partial charge in [0.05, 0.1) is 13.8 Å². The smallest absolute Gasteiger partial charge is 0.250 e. The molecule has 2 aromatic carbocycles. The zero-order valence-electron chi connectivity index (χ0n) is 19.8. The lowest BCUT2D eigenvalue weighted by atomic mass is 9.85. The molecular formula is C26H32N4O4. The van der Waals surface area contributed by atoms with Crippen LogP contribution < -0.4 is 15.0 Å². The van der Waals surface area contributed by atoms with E-state index in [-0.39, 0.29) is 24.3 Å². The van der Waals surface area contributed by atoms with Crippen LogP contribution in [0.3, 0.4) is 0 Å². The monoisotopic (exact) mass is 464 g/mol. The first-order valence-corrected chi connectivity index (χ1v) is 11.7. The van der Waals surface area contributed by atoms with Gasteiger partial charge in [-0.2, -0.15) is 0 Å². The third-order valence-corrected chi connectivity index (χ3v) is 6.86. The van der Waals surface area contributed by atoms with Crippen LogP contribution >= 0.6 is 0 Å². The molecule has 2 aliphatic heterocycles. The molecule has 34 heavy (non-hydrogen) atoms. The van der Waals surface area contributed by atoms with E-state index in [1.807, 2.05) is 54.6 Å². The molecule has 8 nitrogen and oxygen atoms in total. The third-order valence-electron chi connectivity index (χ3n) is 6.86. The minimum Gasteiger partial charge on any atom is -0.496 e. The molecule has 2 saturated heterocycles. The van der Waals surface area contributed by atoms with Gasteiger partial charge in [-0.1, -0.05) is 36.4 Å². The average molecular weight is 465 g/mol. The Balaban J connectivity index is 1.42. The van der Waals surface area contributed by atoms with Crippen molar-refractivity contribution >= 4 is 23.4 Å². The van der Waals surface area contributed by atoms with Crippen LogP contribution in [0.2, 0.25) is 0 Å². The molecule has 1 spiro atoms. The summed E-state index contributed by atoms with van der Waals surface area (Å²) in [6, 6.07) is 17.5. The molecule has 0 saturated carbocycles. The predicted octanol–water partition coefficient (Wildman–Crippen LogP) is 2.04. The number of likely N-dealkylation sites (tertiary alicyclic amines) is 1. The summed E-state index contributed by atoms with van der Waals surface area (Å²) in [5, 5.41) is 2.94. The number of methoxy groups -OCH3 is 1. The molecule has 0 aromatic heterocycles. The van der Waals surface area contributed by atoms with E-state index in [1.165, 1.54) is 0 Å². The number of rotatable bonds is 7. The molecule has 0 unspecified atom stereocenters. The second-order valence-corrected chi connectivity index (χ2v) is 8.86. The Kier molecular flexibility index (Phi) is 7.05. The van der Waals surface area contributed by atoms with Gasteiger partial charge in [-0.05, 0) is 43.0 Å². The molecule has 0 radical (unpaired) electrons. The number of nitrogens with one attached hydrogen (secondary N) is 1. The van der Waals surface area contributed by atoms with E-state index in [0.29, 0.717) is 45.6 Å². The number of piperidine rings is 1. The molecule has 2 aliphatic rings. The van der Waals surface area contributed by atoms with Crippen molar-refractivity contribution in [1.29, 1.82) is 0 Å².